The SMILES string of the molecule is Cc1nc(NCCc2nnc(C)n2C)c2c3c(sc2n1)CCCCC3. The molecule has 0 radical (unpaired) electrons. The van der Waals surface area contributed by atoms with E-state index in [9.17, 15) is 0 Å². The average Bonchev–Trinajstić information content (AvgIpc) is 2.98. The maximum absolute atomic E-state index is 4.71. The molecule has 132 valence electrons. The van der Waals surface area contributed by atoms with Crippen LogP contribution in [0.2, 0.25) is 0 Å². The normalized spacial score (nSPS) is 14.5. The molecule has 6 nitrogen and oxygen atoms in total. The monoisotopic (exact) mass is 356 g/mol. The number of nitrogens with one attached hydrogen (secondary N) is 1. The van der Waals surface area contributed by atoms with Gasteiger partial charge in [0.25, 0.3) is 0 Å². The lowest BCUT2D eigenvalue weighted by Gasteiger charge is -2.09. The van der Waals surface area contributed by atoms with E-state index < -0.39 is 0 Å². The Kier molecular flexibility index (Phi) is 4.41. The molecule has 0 unspecified atom stereocenters. The standard InChI is InChI=1S/C18H24N6S/c1-11-20-17(19-10-9-15-23-22-12(2)24(15)3)16-13-7-5-4-6-8-14(13)25-18(16)21-11/h4-10H2,1-3H3,(H,19,20,21). The van der Waals surface area contributed by atoms with Crippen molar-refractivity contribution in [3.8, 4) is 0 Å². The summed E-state index contributed by atoms with van der Waals surface area (Å²) in [5.41, 5.74) is 1.48. The van der Waals surface area contributed by atoms with Crippen LogP contribution in [0.4, 0.5) is 5.82 Å². The molecule has 0 bridgehead atoms. The van der Waals surface area contributed by atoms with Gasteiger partial charge in [0.15, 0.2) is 0 Å². The lowest BCUT2D eigenvalue weighted by molar-refractivity contribution is 0.713. The number of aromatic nitrogens is 5. The molecular weight excluding hydrogens is 332 g/mol. The molecule has 0 spiro atoms. The lowest BCUT2D eigenvalue weighted by Crippen LogP contribution is -2.11. The quantitative estimate of drug-likeness (QED) is 0.726. The Balaban J connectivity index is 1.62. The number of thiophene rings is 1. The van der Waals surface area contributed by atoms with Crippen LogP contribution in [0.3, 0.4) is 0 Å². The molecule has 3 heterocycles. The molecular formula is C18H24N6S. The van der Waals surface area contributed by atoms with Gasteiger partial charge in [-0.3, -0.25) is 0 Å². The summed E-state index contributed by atoms with van der Waals surface area (Å²) in [6.45, 7) is 4.74. The van der Waals surface area contributed by atoms with Gasteiger partial charge in [0, 0.05) is 24.9 Å². The maximum Gasteiger partial charge on any atom is 0.138 e. The molecule has 0 atom stereocenters. The van der Waals surface area contributed by atoms with Gasteiger partial charge in [0.2, 0.25) is 0 Å². The second-order valence-electron chi connectivity index (χ2n) is 6.76. The largest absolute Gasteiger partial charge is 0.369 e. The molecule has 0 amide bonds. The van der Waals surface area contributed by atoms with Gasteiger partial charge in [0.1, 0.15) is 28.1 Å². The van der Waals surface area contributed by atoms with Gasteiger partial charge in [0.05, 0.1) is 5.39 Å². The minimum Gasteiger partial charge on any atom is -0.369 e. The van der Waals surface area contributed by atoms with Crippen LogP contribution in [0.5, 0.6) is 0 Å². The first-order valence-electron chi connectivity index (χ1n) is 9.01. The summed E-state index contributed by atoms with van der Waals surface area (Å²) in [7, 11) is 2.01. The fourth-order valence-corrected chi connectivity index (χ4v) is 4.84. The Morgan fingerprint density at radius 1 is 1.08 bits per heavy atom. The van der Waals surface area contributed by atoms with Gasteiger partial charge in [-0.2, -0.15) is 0 Å². The van der Waals surface area contributed by atoms with E-state index in [4.69, 9.17) is 9.97 Å². The predicted molar refractivity (Wildman–Crippen MR) is 101 cm³/mol. The first kappa shape index (κ1) is 16.4. The Labute approximate surface area is 151 Å². The molecule has 3 aromatic heterocycles. The van der Waals surface area contributed by atoms with Crippen molar-refractivity contribution < 1.29 is 0 Å². The van der Waals surface area contributed by atoms with E-state index in [1.54, 1.807) is 0 Å². The molecule has 3 aromatic rings. The molecule has 0 aromatic carbocycles. The van der Waals surface area contributed by atoms with E-state index >= 15 is 0 Å². The first-order valence-corrected chi connectivity index (χ1v) is 9.83. The van der Waals surface area contributed by atoms with E-state index in [-0.39, 0.29) is 0 Å². The molecule has 0 aliphatic heterocycles. The van der Waals surface area contributed by atoms with Crippen LogP contribution in [0.15, 0.2) is 0 Å². The summed E-state index contributed by atoms with van der Waals surface area (Å²) in [5, 5.41) is 13.2. The first-order chi connectivity index (χ1) is 12.1. The number of nitrogens with zero attached hydrogens (tertiary/aromatic N) is 5. The van der Waals surface area contributed by atoms with Crippen molar-refractivity contribution in [2.24, 2.45) is 7.05 Å². The molecule has 0 saturated heterocycles. The fraction of sp³-hybridized carbons (Fsp3) is 0.556. The minimum atomic E-state index is 0.794. The topological polar surface area (TPSA) is 68.5 Å². The molecule has 4 rings (SSSR count). The average molecular weight is 356 g/mol. The summed E-state index contributed by atoms with van der Waals surface area (Å²) in [6, 6.07) is 0. The zero-order chi connectivity index (χ0) is 17.4. The predicted octanol–water partition coefficient (Wildman–Crippen LogP) is 3.36. The molecule has 25 heavy (non-hydrogen) atoms. The number of rotatable bonds is 4. The highest BCUT2D eigenvalue weighted by Gasteiger charge is 2.19. The summed E-state index contributed by atoms with van der Waals surface area (Å²) in [4.78, 5) is 12.1. The van der Waals surface area contributed by atoms with Crippen LogP contribution in [-0.2, 0) is 26.3 Å². The molecule has 0 saturated carbocycles. The van der Waals surface area contributed by atoms with E-state index in [0.29, 0.717) is 0 Å². The summed E-state index contributed by atoms with van der Waals surface area (Å²) in [5.74, 6) is 3.76. The highest BCUT2D eigenvalue weighted by atomic mass is 32.1. The zero-order valence-corrected chi connectivity index (χ0v) is 15.9. The second-order valence-corrected chi connectivity index (χ2v) is 7.85. The number of aryl methyl sites for hydroxylation is 4. The van der Waals surface area contributed by atoms with Crippen LogP contribution in [0, 0.1) is 13.8 Å². The van der Waals surface area contributed by atoms with E-state index in [2.05, 4.69) is 15.5 Å². The zero-order valence-electron chi connectivity index (χ0n) is 15.1. The third-order valence-electron chi connectivity index (χ3n) is 5.00. The second kappa shape index (κ2) is 6.71. The Morgan fingerprint density at radius 2 is 1.92 bits per heavy atom. The Bertz CT molecular complexity index is 910. The van der Waals surface area contributed by atoms with Crippen molar-refractivity contribution >= 4 is 27.4 Å². The maximum atomic E-state index is 4.71. The van der Waals surface area contributed by atoms with E-state index in [1.807, 2.05) is 36.8 Å². The van der Waals surface area contributed by atoms with Crippen LogP contribution in [0.1, 0.15) is 47.2 Å². The van der Waals surface area contributed by atoms with E-state index in [1.165, 1.54) is 41.5 Å². The molecule has 0 fully saturated rings. The van der Waals surface area contributed by atoms with Crippen molar-refractivity contribution in [2.75, 3.05) is 11.9 Å². The van der Waals surface area contributed by atoms with Crippen LogP contribution >= 0.6 is 11.3 Å². The van der Waals surface area contributed by atoms with Crippen LogP contribution in [-0.4, -0.2) is 31.3 Å². The van der Waals surface area contributed by atoms with Gasteiger partial charge in [-0.25, -0.2) is 9.97 Å². The van der Waals surface area contributed by atoms with Gasteiger partial charge < -0.3 is 9.88 Å². The van der Waals surface area contributed by atoms with Crippen LogP contribution in [0.25, 0.3) is 10.2 Å². The number of hydrogen-bond acceptors (Lipinski definition) is 6. The van der Waals surface area contributed by atoms with Crippen molar-refractivity contribution in [2.45, 2.75) is 52.4 Å². The minimum absolute atomic E-state index is 0.794. The van der Waals surface area contributed by atoms with Gasteiger partial charge in [-0.1, -0.05) is 6.42 Å². The lowest BCUT2D eigenvalue weighted by atomic mass is 10.1. The molecule has 1 aliphatic rings. The van der Waals surface area contributed by atoms with Crippen molar-refractivity contribution in [1.82, 2.24) is 24.7 Å². The van der Waals surface area contributed by atoms with Crippen molar-refractivity contribution in [3.05, 3.63) is 27.9 Å². The van der Waals surface area contributed by atoms with Gasteiger partial charge in [-0.15, -0.1) is 21.5 Å². The summed E-state index contributed by atoms with van der Waals surface area (Å²) >= 11 is 1.86. The number of anilines is 1. The smallest absolute Gasteiger partial charge is 0.138 e. The Morgan fingerprint density at radius 3 is 2.72 bits per heavy atom. The fourth-order valence-electron chi connectivity index (χ4n) is 3.53. The van der Waals surface area contributed by atoms with E-state index in [0.717, 1.165) is 47.5 Å². The third-order valence-corrected chi connectivity index (χ3v) is 6.19. The number of hydrogen-bond donors (Lipinski definition) is 1. The summed E-state index contributed by atoms with van der Waals surface area (Å²) < 4.78 is 2.04. The molecule has 1 aliphatic carbocycles. The number of fused-ring (bicyclic) bond motifs is 3. The summed E-state index contributed by atoms with van der Waals surface area (Å²) in [6.07, 6.45) is 7.05. The van der Waals surface area contributed by atoms with Gasteiger partial charge in [-0.05, 0) is 45.1 Å². The molecule has 7 heteroatoms. The highest BCUT2D eigenvalue weighted by Crippen LogP contribution is 2.37. The van der Waals surface area contributed by atoms with Crippen molar-refractivity contribution in [3.63, 3.8) is 0 Å². The Hall–Kier alpha value is -2.02. The molecule has 1 N–H and O–H groups in total. The highest BCUT2D eigenvalue weighted by molar-refractivity contribution is 7.19. The van der Waals surface area contributed by atoms with Gasteiger partial charge >= 0.3 is 0 Å². The van der Waals surface area contributed by atoms with Crippen molar-refractivity contribution in [1.29, 1.82) is 0 Å². The third kappa shape index (κ3) is 3.13. The van der Waals surface area contributed by atoms with Crippen LogP contribution < -0.4 is 5.32 Å².